The fourth-order valence-electron chi connectivity index (χ4n) is 1.56. The molecule has 0 radical (unpaired) electrons. The maximum atomic E-state index is 12.8. The van der Waals surface area contributed by atoms with E-state index in [9.17, 15) is 12.8 Å². The van der Waals surface area contributed by atoms with Crippen LogP contribution in [0.5, 0.6) is 0 Å². The largest absolute Gasteiger partial charge is 0.375 e. The summed E-state index contributed by atoms with van der Waals surface area (Å²) < 4.78 is 38.8. The highest BCUT2D eigenvalue weighted by Gasteiger charge is 2.26. The molecular weight excluding hydrogens is 289 g/mol. The van der Waals surface area contributed by atoms with Crippen molar-refractivity contribution in [1.82, 2.24) is 4.98 Å². The molecule has 5 nitrogen and oxygen atoms in total. The van der Waals surface area contributed by atoms with E-state index in [1.54, 1.807) is 6.92 Å². The molecule has 0 spiro atoms. The number of nitrogens with zero attached hydrogens (tertiary/aromatic N) is 2. The molecular formula is C11H12FN3O2S2. The Hall–Kier alpha value is -1.67. The van der Waals surface area contributed by atoms with Gasteiger partial charge in [-0.15, -0.1) is 0 Å². The molecule has 102 valence electrons. The number of hydrogen-bond acceptors (Lipinski definition) is 5. The van der Waals surface area contributed by atoms with Crippen LogP contribution in [-0.4, -0.2) is 20.4 Å². The topological polar surface area (TPSA) is 76.3 Å². The first-order chi connectivity index (χ1) is 8.82. The lowest BCUT2D eigenvalue weighted by atomic mass is 10.3. The number of nitrogen functional groups attached to an aromatic ring is 1. The fraction of sp³-hybridized carbons (Fsp3) is 0.182. The molecule has 0 aliphatic rings. The monoisotopic (exact) mass is 301 g/mol. The Balaban J connectivity index is 2.45. The van der Waals surface area contributed by atoms with Gasteiger partial charge in [-0.05, 0) is 31.2 Å². The molecule has 2 N–H and O–H groups in total. The van der Waals surface area contributed by atoms with E-state index < -0.39 is 15.8 Å². The average Bonchev–Trinajstić information content (AvgIpc) is 2.69. The van der Waals surface area contributed by atoms with Gasteiger partial charge in [0.1, 0.15) is 5.82 Å². The molecule has 8 heteroatoms. The van der Waals surface area contributed by atoms with Gasteiger partial charge >= 0.3 is 0 Å². The first-order valence-electron chi connectivity index (χ1n) is 5.30. The van der Waals surface area contributed by atoms with Crippen molar-refractivity contribution < 1.29 is 12.8 Å². The summed E-state index contributed by atoms with van der Waals surface area (Å²) in [6.07, 6.45) is 0. The normalized spacial score (nSPS) is 11.5. The molecule has 0 aliphatic heterocycles. The summed E-state index contributed by atoms with van der Waals surface area (Å²) in [5, 5.41) is 0.198. The molecule has 0 aliphatic carbocycles. The van der Waals surface area contributed by atoms with Gasteiger partial charge in [0, 0.05) is 7.05 Å². The molecule has 0 fully saturated rings. The molecule has 1 heterocycles. The van der Waals surface area contributed by atoms with Gasteiger partial charge in [0.05, 0.1) is 11.4 Å². The fourth-order valence-corrected chi connectivity index (χ4v) is 4.20. The molecule has 0 saturated carbocycles. The van der Waals surface area contributed by atoms with Crippen LogP contribution in [0.1, 0.15) is 5.69 Å². The Morgan fingerprint density at radius 3 is 2.37 bits per heavy atom. The van der Waals surface area contributed by atoms with Crippen molar-refractivity contribution in [2.75, 3.05) is 17.1 Å². The number of thiazole rings is 1. The average molecular weight is 301 g/mol. The van der Waals surface area contributed by atoms with Crippen molar-refractivity contribution in [2.45, 2.75) is 11.1 Å². The number of sulfonamides is 1. The van der Waals surface area contributed by atoms with Crippen LogP contribution in [0.4, 0.5) is 15.2 Å². The highest BCUT2D eigenvalue weighted by molar-refractivity contribution is 7.94. The highest BCUT2D eigenvalue weighted by atomic mass is 32.2. The second-order valence-corrected chi connectivity index (χ2v) is 7.07. The van der Waals surface area contributed by atoms with E-state index in [-0.39, 0.29) is 9.34 Å². The van der Waals surface area contributed by atoms with Gasteiger partial charge < -0.3 is 5.73 Å². The summed E-state index contributed by atoms with van der Waals surface area (Å²) in [5.74, 6) is -0.423. The van der Waals surface area contributed by atoms with E-state index in [0.29, 0.717) is 11.4 Å². The zero-order valence-corrected chi connectivity index (χ0v) is 11.9. The molecule has 1 aromatic heterocycles. The van der Waals surface area contributed by atoms with Crippen LogP contribution in [0, 0.1) is 12.7 Å². The maximum absolute atomic E-state index is 12.8. The van der Waals surface area contributed by atoms with Crippen LogP contribution in [0.3, 0.4) is 0 Å². The minimum atomic E-state index is -3.73. The summed E-state index contributed by atoms with van der Waals surface area (Å²) in [5.41, 5.74) is 6.24. The molecule has 0 amide bonds. The van der Waals surface area contributed by atoms with E-state index in [0.717, 1.165) is 15.6 Å². The van der Waals surface area contributed by atoms with Crippen molar-refractivity contribution in [2.24, 2.45) is 0 Å². The SMILES string of the molecule is Cc1nc(N)sc1S(=O)(=O)N(C)c1ccc(F)cc1. The smallest absolute Gasteiger partial charge is 0.275 e. The molecule has 0 bridgehead atoms. The lowest BCUT2D eigenvalue weighted by molar-refractivity contribution is 0.595. The van der Waals surface area contributed by atoms with Gasteiger partial charge in [0.15, 0.2) is 9.34 Å². The zero-order valence-electron chi connectivity index (χ0n) is 10.3. The molecule has 0 unspecified atom stereocenters. The Morgan fingerprint density at radius 2 is 1.89 bits per heavy atom. The molecule has 19 heavy (non-hydrogen) atoms. The molecule has 1 aromatic carbocycles. The minimum absolute atomic E-state index is 0.0943. The van der Waals surface area contributed by atoms with Gasteiger partial charge in [-0.25, -0.2) is 17.8 Å². The van der Waals surface area contributed by atoms with Crippen LogP contribution in [0.2, 0.25) is 0 Å². The van der Waals surface area contributed by atoms with Gasteiger partial charge in [0.25, 0.3) is 10.0 Å². The maximum Gasteiger partial charge on any atom is 0.275 e. The van der Waals surface area contributed by atoms with Crippen molar-refractivity contribution in [3.8, 4) is 0 Å². The Kier molecular flexibility index (Phi) is 3.46. The predicted molar refractivity (Wildman–Crippen MR) is 73.3 cm³/mol. The number of anilines is 2. The third-order valence-corrected chi connectivity index (χ3v) is 5.91. The van der Waals surface area contributed by atoms with Gasteiger partial charge in [-0.1, -0.05) is 11.3 Å². The second-order valence-electron chi connectivity index (χ2n) is 3.87. The third-order valence-electron chi connectivity index (χ3n) is 2.56. The quantitative estimate of drug-likeness (QED) is 0.940. The first-order valence-corrected chi connectivity index (χ1v) is 7.55. The third kappa shape index (κ3) is 2.54. The van der Waals surface area contributed by atoms with E-state index >= 15 is 0 Å². The summed E-state index contributed by atoms with van der Waals surface area (Å²) >= 11 is 0.910. The van der Waals surface area contributed by atoms with Gasteiger partial charge in [0.2, 0.25) is 0 Å². The molecule has 2 rings (SSSR count). The number of benzene rings is 1. The Bertz CT molecular complexity index is 695. The van der Waals surface area contributed by atoms with Gasteiger partial charge in [-0.3, -0.25) is 4.31 Å². The number of halogens is 1. The lowest BCUT2D eigenvalue weighted by Crippen LogP contribution is -2.26. The van der Waals surface area contributed by atoms with Crippen LogP contribution in [0.25, 0.3) is 0 Å². The van der Waals surface area contributed by atoms with Crippen molar-refractivity contribution in [3.63, 3.8) is 0 Å². The second kappa shape index (κ2) is 4.78. The van der Waals surface area contributed by atoms with Gasteiger partial charge in [-0.2, -0.15) is 0 Å². The minimum Gasteiger partial charge on any atom is -0.375 e. The van der Waals surface area contributed by atoms with Crippen LogP contribution >= 0.6 is 11.3 Å². The van der Waals surface area contributed by atoms with Crippen LogP contribution in [-0.2, 0) is 10.0 Å². The lowest BCUT2D eigenvalue weighted by Gasteiger charge is -2.18. The summed E-state index contributed by atoms with van der Waals surface area (Å²) in [6, 6.07) is 5.20. The van der Waals surface area contributed by atoms with E-state index in [1.807, 2.05) is 0 Å². The first kappa shape index (κ1) is 13.8. The predicted octanol–water partition coefficient (Wildman–Crippen LogP) is 2.00. The van der Waals surface area contributed by atoms with Crippen molar-refractivity contribution in [3.05, 3.63) is 35.8 Å². The summed E-state index contributed by atoms with van der Waals surface area (Å²) in [7, 11) is -2.33. The molecule has 2 aromatic rings. The Morgan fingerprint density at radius 1 is 1.32 bits per heavy atom. The number of rotatable bonds is 3. The van der Waals surface area contributed by atoms with Crippen molar-refractivity contribution in [1.29, 1.82) is 0 Å². The van der Waals surface area contributed by atoms with Crippen LogP contribution in [0.15, 0.2) is 28.5 Å². The summed E-state index contributed by atoms with van der Waals surface area (Å²) in [4.78, 5) is 3.90. The Labute approximate surface area is 114 Å². The van der Waals surface area contributed by atoms with Crippen molar-refractivity contribution >= 4 is 32.2 Å². The van der Waals surface area contributed by atoms with E-state index in [2.05, 4.69) is 4.98 Å². The van der Waals surface area contributed by atoms with Crippen LogP contribution < -0.4 is 10.0 Å². The van der Waals surface area contributed by atoms with E-state index in [4.69, 9.17) is 5.73 Å². The zero-order chi connectivity index (χ0) is 14.2. The highest BCUT2D eigenvalue weighted by Crippen LogP contribution is 2.29. The number of hydrogen-bond donors (Lipinski definition) is 1. The molecule has 0 atom stereocenters. The number of nitrogens with two attached hydrogens (primary N) is 1. The van der Waals surface area contributed by atoms with E-state index in [1.165, 1.54) is 31.3 Å². The summed E-state index contributed by atoms with van der Waals surface area (Å²) in [6.45, 7) is 1.58. The number of aryl methyl sites for hydroxylation is 1. The molecule has 0 saturated heterocycles. The number of aromatic nitrogens is 1. The standard InChI is InChI=1S/C11H12FN3O2S2/c1-7-10(18-11(13)14-7)19(16,17)15(2)9-5-3-8(12)4-6-9/h3-6H,1-2H3,(H2,13,14).